The first-order valence-electron chi connectivity index (χ1n) is 6.97. The molecule has 1 N–H and O–H groups in total. The van der Waals surface area contributed by atoms with Gasteiger partial charge < -0.3 is 5.32 Å². The van der Waals surface area contributed by atoms with E-state index in [-0.39, 0.29) is 18.4 Å². The average molecular weight is 305 g/mol. The van der Waals surface area contributed by atoms with Gasteiger partial charge in [0, 0.05) is 43.9 Å². The molecule has 0 bridgehead atoms. The van der Waals surface area contributed by atoms with E-state index in [1.165, 1.54) is 6.07 Å². The lowest BCUT2D eigenvalue weighted by Gasteiger charge is -2.36. The molecular formula is C15H23ClF2N2. The number of nitrogens with one attached hydrogen (secondary N) is 1. The average Bonchev–Trinajstić information content (AvgIpc) is 2.37. The molecule has 0 unspecified atom stereocenters. The van der Waals surface area contributed by atoms with Crippen molar-refractivity contribution in [3.05, 3.63) is 35.4 Å². The fraction of sp³-hybridized carbons (Fsp3) is 0.600. The molecule has 114 valence electrons. The van der Waals surface area contributed by atoms with E-state index in [1.807, 2.05) is 0 Å². The van der Waals surface area contributed by atoms with Gasteiger partial charge in [-0.1, -0.05) is 19.9 Å². The van der Waals surface area contributed by atoms with Gasteiger partial charge in [0.2, 0.25) is 0 Å². The largest absolute Gasteiger partial charge is 0.314 e. The van der Waals surface area contributed by atoms with E-state index in [1.54, 1.807) is 6.07 Å². The number of hydrogen-bond donors (Lipinski definition) is 1. The van der Waals surface area contributed by atoms with Crippen molar-refractivity contribution in [1.29, 1.82) is 0 Å². The van der Waals surface area contributed by atoms with Crippen LogP contribution in [0.25, 0.3) is 0 Å². The number of piperazine rings is 1. The third-order valence-electron chi connectivity index (χ3n) is 3.61. The van der Waals surface area contributed by atoms with Crippen molar-refractivity contribution in [1.82, 2.24) is 10.2 Å². The van der Waals surface area contributed by atoms with Crippen molar-refractivity contribution in [2.75, 3.05) is 26.2 Å². The topological polar surface area (TPSA) is 15.3 Å². The first kappa shape index (κ1) is 17.3. The Hall–Kier alpha value is -0.710. The molecule has 1 aliphatic heterocycles. The van der Waals surface area contributed by atoms with Gasteiger partial charge in [0.05, 0.1) is 0 Å². The molecule has 1 heterocycles. The molecular weight excluding hydrogens is 282 g/mol. The lowest BCUT2D eigenvalue weighted by atomic mass is 9.94. The van der Waals surface area contributed by atoms with Gasteiger partial charge in [-0.3, -0.25) is 4.90 Å². The van der Waals surface area contributed by atoms with Crippen molar-refractivity contribution in [2.24, 2.45) is 5.92 Å². The molecule has 1 saturated heterocycles. The van der Waals surface area contributed by atoms with E-state index in [4.69, 9.17) is 0 Å². The quantitative estimate of drug-likeness (QED) is 0.917. The molecule has 1 aliphatic rings. The van der Waals surface area contributed by atoms with Crippen LogP contribution in [0, 0.1) is 17.6 Å². The third-order valence-corrected chi connectivity index (χ3v) is 3.61. The van der Waals surface area contributed by atoms with Crippen LogP contribution in [0.3, 0.4) is 0 Å². The van der Waals surface area contributed by atoms with Crippen LogP contribution in [-0.2, 0) is 0 Å². The predicted octanol–water partition coefficient (Wildman–Crippen LogP) is 3.38. The zero-order valence-corrected chi connectivity index (χ0v) is 12.9. The Bertz CT molecular complexity index is 420. The highest BCUT2D eigenvalue weighted by molar-refractivity contribution is 5.85. The highest BCUT2D eigenvalue weighted by Gasteiger charge is 2.25. The maximum Gasteiger partial charge on any atom is 0.130 e. The Balaban J connectivity index is 0.00000200. The highest BCUT2D eigenvalue weighted by atomic mass is 35.5. The zero-order chi connectivity index (χ0) is 13.8. The Labute approximate surface area is 126 Å². The summed E-state index contributed by atoms with van der Waals surface area (Å²) in [5, 5.41) is 3.30. The minimum Gasteiger partial charge on any atom is -0.314 e. The monoisotopic (exact) mass is 304 g/mol. The summed E-state index contributed by atoms with van der Waals surface area (Å²) in [5.41, 5.74) is 0.622. The van der Waals surface area contributed by atoms with E-state index >= 15 is 0 Å². The Morgan fingerprint density at radius 3 is 2.40 bits per heavy atom. The van der Waals surface area contributed by atoms with Crippen molar-refractivity contribution in [2.45, 2.75) is 26.3 Å². The second kappa shape index (κ2) is 7.91. The third kappa shape index (κ3) is 4.40. The first-order chi connectivity index (χ1) is 9.08. The molecule has 0 spiro atoms. The van der Waals surface area contributed by atoms with Crippen molar-refractivity contribution >= 4 is 12.4 Å². The second-order valence-corrected chi connectivity index (χ2v) is 5.60. The Morgan fingerprint density at radius 2 is 1.85 bits per heavy atom. The number of nitrogens with zero attached hydrogens (tertiary/aromatic N) is 1. The highest BCUT2D eigenvalue weighted by Crippen LogP contribution is 2.30. The maximum absolute atomic E-state index is 14.0. The van der Waals surface area contributed by atoms with Crippen LogP contribution in [0.2, 0.25) is 0 Å². The Kier molecular flexibility index (Phi) is 6.86. The molecule has 0 aromatic heterocycles. The van der Waals surface area contributed by atoms with Crippen molar-refractivity contribution < 1.29 is 8.78 Å². The minimum atomic E-state index is -0.509. The fourth-order valence-electron chi connectivity index (χ4n) is 2.68. The van der Waals surface area contributed by atoms with Gasteiger partial charge in [0.25, 0.3) is 0 Å². The van der Waals surface area contributed by atoms with E-state index < -0.39 is 11.6 Å². The smallest absolute Gasteiger partial charge is 0.130 e. The van der Waals surface area contributed by atoms with Gasteiger partial charge in [-0.25, -0.2) is 8.78 Å². The summed E-state index contributed by atoms with van der Waals surface area (Å²) < 4.78 is 27.1. The van der Waals surface area contributed by atoms with Gasteiger partial charge in [-0.05, 0) is 18.4 Å². The van der Waals surface area contributed by atoms with Crippen LogP contribution >= 0.6 is 12.4 Å². The summed E-state index contributed by atoms with van der Waals surface area (Å²) in [6, 6.07) is 3.99. The predicted molar refractivity (Wildman–Crippen MR) is 80.2 cm³/mol. The minimum absolute atomic E-state index is 0. The van der Waals surface area contributed by atoms with E-state index in [0.717, 1.165) is 38.7 Å². The summed E-state index contributed by atoms with van der Waals surface area (Å²) in [4.78, 5) is 2.30. The molecule has 20 heavy (non-hydrogen) atoms. The second-order valence-electron chi connectivity index (χ2n) is 5.60. The van der Waals surface area contributed by atoms with Crippen molar-refractivity contribution in [3.8, 4) is 0 Å². The molecule has 2 nitrogen and oxygen atoms in total. The zero-order valence-electron chi connectivity index (χ0n) is 12.0. The van der Waals surface area contributed by atoms with Crippen molar-refractivity contribution in [3.63, 3.8) is 0 Å². The summed E-state index contributed by atoms with van der Waals surface area (Å²) in [7, 11) is 0. The number of rotatable bonds is 4. The number of halogens is 3. The van der Waals surface area contributed by atoms with Crippen LogP contribution in [0.4, 0.5) is 8.78 Å². The van der Waals surface area contributed by atoms with Crippen LogP contribution in [0.15, 0.2) is 18.2 Å². The summed E-state index contributed by atoms with van der Waals surface area (Å²) >= 11 is 0. The molecule has 2 rings (SSSR count). The maximum atomic E-state index is 14.0. The molecule has 0 aliphatic carbocycles. The molecule has 0 radical (unpaired) electrons. The standard InChI is InChI=1S/C15H22F2N2.ClH/c1-11(2)9-15(19-7-5-18-6-8-19)13-4-3-12(16)10-14(13)17;/h3-4,10-11,15,18H,5-9H2,1-2H3;1H/t15-;/m0./s1. The van der Waals surface area contributed by atoms with Crippen LogP contribution in [0.1, 0.15) is 31.9 Å². The molecule has 1 aromatic carbocycles. The fourth-order valence-corrected chi connectivity index (χ4v) is 2.68. The van der Waals surface area contributed by atoms with Gasteiger partial charge in [0.1, 0.15) is 11.6 Å². The lowest BCUT2D eigenvalue weighted by Crippen LogP contribution is -2.45. The van der Waals surface area contributed by atoms with Gasteiger partial charge in [-0.2, -0.15) is 0 Å². The van der Waals surface area contributed by atoms with Crippen LogP contribution < -0.4 is 5.32 Å². The first-order valence-corrected chi connectivity index (χ1v) is 6.97. The molecule has 1 aromatic rings. The Morgan fingerprint density at radius 1 is 1.20 bits per heavy atom. The van der Waals surface area contributed by atoms with Crippen LogP contribution in [-0.4, -0.2) is 31.1 Å². The van der Waals surface area contributed by atoms with E-state index in [9.17, 15) is 8.78 Å². The van der Waals surface area contributed by atoms with Gasteiger partial charge >= 0.3 is 0 Å². The molecule has 1 fully saturated rings. The SMILES string of the molecule is CC(C)C[C@@H](c1ccc(F)cc1F)N1CCNCC1.Cl. The lowest BCUT2D eigenvalue weighted by molar-refractivity contribution is 0.151. The van der Waals surface area contributed by atoms with Crippen LogP contribution in [0.5, 0.6) is 0 Å². The number of benzene rings is 1. The summed E-state index contributed by atoms with van der Waals surface area (Å²) in [5.74, 6) is -0.460. The molecule has 5 heteroatoms. The van der Waals surface area contributed by atoms with Gasteiger partial charge in [-0.15, -0.1) is 12.4 Å². The molecule has 0 amide bonds. The normalized spacial score (nSPS) is 17.9. The molecule has 1 atom stereocenters. The summed E-state index contributed by atoms with van der Waals surface area (Å²) in [6.07, 6.45) is 0.891. The summed E-state index contributed by atoms with van der Waals surface area (Å²) in [6.45, 7) is 7.95. The number of hydrogen-bond acceptors (Lipinski definition) is 2. The van der Waals surface area contributed by atoms with Gasteiger partial charge in [0.15, 0.2) is 0 Å². The molecule has 0 saturated carbocycles. The van der Waals surface area contributed by atoms with E-state index in [2.05, 4.69) is 24.1 Å². The van der Waals surface area contributed by atoms with E-state index in [0.29, 0.717) is 11.5 Å².